The second-order valence-electron chi connectivity index (χ2n) is 12.8. The second-order valence-corrected chi connectivity index (χ2v) is 13.9. The molecule has 11 nitrogen and oxygen atoms in total. The van der Waals surface area contributed by atoms with Gasteiger partial charge in [0, 0.05) is 12.0 Å². The molecule has 1 saturated heterocycles. The van der Waals surface area contributed by atoms with Crippen molar-refractivity contribution in [2.24, 2.45) is 40.4 Å². The predicted octanol–water partition coefficient (Wildman–Crippen LogP) is 0.787. The fourth-order valence-corrected chi connectivity index (χ4v) is 10.1. The molecule has 0 aromatic heterocycles. The van der Waals surface area contributed by atoms with Gasteiger partial charge in [-0.05, 0) is 86.4 Å². The molecule has 5 fully saturated rings. The molecule has 0 radical (unpaired) electrons. The van der Waals surface area contributed by atoms with Crippen molar-refractivity contribution in [2.45, 2.75) is 101 Å². The Morgan fingerprint density at radius 3 is 2.31 bits per heavy atom. The molecule has 4 saturated carbocycles. The van der Waals surface area contributed by atoms with Gasteiger partial charge in [-0.1, -0.05) is 13.0 Å². The van der Waals surface area contributed by atoms with Gasteiger partial charge in [-0.2, -0.15) is 8.42 Å². The zero-order chi connectivity index (χ0) is 28.3. The van der Waals surface area contributed by atoms with Crippen LogP contribution in [0.5, 0.6) is 0 Å². The highest BCUT2D eigenvalue weighted by Gasteiger charge is 2.63. The van der Waals surface area contributed by atoms with Gasteiger partial charge in [0.15, 0.2) is 6.29 Å². The Balaban J connectivity index is 1.40. The van der Waals surface area contributed by atoms with Crippen LogP contribution < -0.4 is 0 Å². The van der Waals surface area contributed by atoms with Crippen LogP contribution in [0.2, 0.25) is 0 Å². The molecule has 4 aliphatic carbocycles. The van der Waals surface area contributed by atoms with Gasteiger partial charge in [-0.3, -0.25) is 4.55 Å². The zero-order valence-corrected chi connectivity index (χ0v) is 23.2. The van der Waals surface area contributed by atoms with Crippen molar-refractivity contribution in [1.29, 1.82) is 0 Å². The summed E-state index contributed by atoms with van der Waals surface area (Å²) in [5, 5.41) is 53.0. The monoisotopic (exact) mass is 576 g/mol. The number of allylic oxidation sites excluding steroid dienone is 1. The van der Waals surface area contributed by atoms with Gasteiger partial charge >= 0.3 is 10.4 Å². The Morgan fingerprint density at radius 1 is 0.949 bits per heavy atom. The summed E-state index contributed by atoms with van der Waals surface area (Å²) in [4.78, 5) is 0. The summed E-state index contributed by atoms with van der Waals surface area (Å²) in [5.41, 5.74) is -0.279. The Labute approximate surface area is 230 Å². The van der Waals surface area contributed by atoms with Crippen molar-refractivity contribution in [2.75, 3.05) is 13.2 Å². The lowest BCUT2D eigenvalue weighted by Crippen LogP contribution is -2.64. The second kappa shape index (κ2) is 10.9. The van der Waals surface area contributed by atoms with E-state index in [9.17, 15) is 34.0 Å². The summed E-state index contributed by atoms with van der Waals surface area (Å²) in [6.07, 6.45) is -1.09. The topological polar surface area (TPSA) is 183 Å². The van der Waals surface area contributed by atoms with E-state index in [0.29, 0.717) is 37.0 Å². The minimum atomic E-state index is -5.05. The van der Waals surface area contributed by atoms with Gasteiger partial charge in [0.25, 0.3) is 0 Å². The van der Waals surface area contributed by atoms with Crippen LogP contribution in [-0.2, 0) is 24.1 Å². The summed E-state index contributed by atoms with van der Waals surface area (Å²) in [6.45, 7) is 5.70. The number of hydrogen-bond acceptors (Lipinski definition) is 10. The molecule has 0 bridgehead atoms. The van der Waals surface area contributed by atoms with Crippen LogP contribution in [0.25, 0.3) is 0 Å². The van der Waals surface area contributed by atoms with Crippen LogP contribution in [0.3, 0.4) is 0 Å². The van der Waals surface area contributed by atoms with E-state index in [1.54, 1.807) is 0 Å². The van der Waals surface area contributed by atoms with Crippen LogP contribution >= 0.6 is 0 Å². The van der Waals surface area contributed by atoms with Crippen molar-refractivity contribution in [1.82, 2.24) is 0 Å². The maximum absolute atomic E-state index is 11.4. The lowest BCUT2D eigenvalue weighted by molar-refractivity contribution is -0.331. The molecule has 0 unspecified atom stereocenters. The lowest BCUT2D eigenvalue weighted by Gasteiger charge is -2.63. The molecule has 0 aromatic carbocycles. The highest BCUT2D eigenvalue weighted by atomic mass is 32.3. The molecule has 0 aromatic rings. The number of hydrogen-bond donors (Lipinski definition) is 6. The van der Waals surface area contributed by atoms with E-state index < -0.39 is 65.3 Å². The van der Waals surface area contributed by atoms with E-state index in [0.717, 1.165) is 32.1 Å². The average Bonchev–Trinajstić information content (AvgIpc) is 3.25. The first-order valence-corrected chi connectivity index (χ1v) is 15.6. The maximum atomic E-state index is 11.4. The quantitative estimate of drug-likeness (QED) is 0.186. The van der Waals surface area contributed by atoms with Crippen LogP contribution in [0, 0.1) is 40.4 Å². The minimum Gasteiger partial charge on any atom is -0.396 e. The van der Waals surface area contributed by atoms with E-state index in [1.807, 2.05) is 0 Å². The molecule has 0 amide bonds. The number of aliphatic hydroxyl groups excluding tert-OH is 5. The minimum absolute atomic E-state index is 0.0553. The third-order valence-corrected chi connectivity index (χ3v) is 11.9. The number of ether oxygens (including phenoxy) is 2. The van der Waals surface area contributed by atoms with Crippen molar-refractivity contribution in [3.8, 4) is 0 Å². The fourth-order valence-electron chi connectivity index (χ4n) is 9.55. The lowest BCUT2D eigenvalue weighted by atomic mass is 9.44. The van der Waals surface area contributed by atoms with Gasteiger partial charge in [-0.15, -0.1) is 6.58 Å². The Bertz CT molecular complexity index is 1010. The summed E-state index contributed by atoms with van der Waals surface area (Å²) >= 11 is 0. The van der Waals surface area contributed by atoms with E-state index in [2.05, 4.69) is 23.8 Å². The summed E-state index contributed by atoms with van der Waals surface area (Å²) in [6, 6.07) is 0. The molecule has 0 spiro atoms. The Kier molecular flexibility index (Phi) is 8.31. The molecular weight excluding hydrogens is 532 g/mol. The van der Waals surface area contributed by atoms with E-state index >= 15 is 0 Å². The third kappa shape index (κ3) is 4.92. The highest BCUT2D eigenvalue weighted by molar-refractivity contribution is 7.80. The molecular formula is C27H44O11S. The molecule has 5 aliphatic rings. The molecule has 39 heavy (non-hydrogen) atoms. The van der Waals surface area contributed by atoms with Crippen LogP contribution in [-0.4, -0.2) is 94.6 Å². The highest BCUT2D eigenvalue weighted by Crippen LogP contribution is 2.67. The Morgan fingerprint density at radius 2 is 1.67 bits per heavy atom. The smallest absolute Gasteiger partial charge is 0.396 e. The first-order chi connectivity index (χ1) is 18.4. The van der Waals surface area contributed by atoms with E-state index in [1.165, 1.54) is 0 Å². The summed E-state index contributed by atoms with van der Waals surface area (Å²) in [7, 11) is -5.05. The largest absolute Gasteiger partial charge is 0.397 e. The van der Waals surface area contributed by atoms with Gasteiger partial charge in [0.2, 0.25) is 0 Å². The summed E-state index contributed by atoms with van der Waals surface area (Å²) < 4.78 is 48.2. The standard InChI is InChI=1S/C27H44O11S/c1-3-14-4-6-16-15-5-7-18-23(19(30)9-11-27(18,13-29)17(15)8-10-26(14,16)2)37-25-22(32)24(38-39(33,34)35)21(31)20(12-28)36-25/h3,14-25,28-32H,1,4-13H2,2H3,(H,33,34,35)/t14-,15-,16-,17-,18-,19-,20+,21+,22+,23+,24-,25-,26-,27-/m0/s1. The van der Waals surface area contributed by atoms with Crippen LogP contribution in [0.1, 0.15) is 58.3 Å². The molecule has 14 atom stereocenters. The van der Waals surface area contributed by atoms with Crippen molar-refractivity contribution in [3.05, 3.63) is 12.7 Å². The van der Waals surface area contributed by atoms with Gasteiger partial charge in [0.05, 0.1) is 18.8 Å². The number of fused-ring (bicyclic) bond motifs is 5. The van der Waals surface area contributed by atoms with Gasteiger partial charge in [-0.25, -0.2) is 4.18 Å². The Hall–Kier alpha value is -0.670. The molecule has 224 valence electrons. The van der Waals surface area contributed by atoms with Crippen molar-refractivity contribution in [3.63, 3.8) is 0 Å². The van der Waals surface area contributed by atoms with Crippen LogP contribution in [0.15, 0.2) is 12.7 Å². The van der Waals surface area contributed by atoms with Crippen molar-refractivity contribution >= 4 is 10.4 Å². The summed E-state index contributed by atoms with van der Waals surface area (Å²) in [5.74, 6) is 1.49. The number of rotatable bonds is 7. The molecule has 5 rings (SSSR count). The molecule has 1 heterocycles. The number of aliphatic hydroxyl groups is 5. The van der Waals surface area contributed by atoms with Gasteiger partial charge < -0.3 is 35.0 Å². The molecule has 12 heteroatoms. The first-order valence-electron chi connectivity index (χ1n) is 14.2. The van der Waals surface area contributed by atoms with Crippen LogP contribution in [0.4, 0.5) is 0 Å². The van der Waals surface area contributed by atoms with E-state index in [-0.39, 0.29) is 23.9 Å². The van der Waals surface area contributed by atoms with Gasteiger partial charge in [0.1, 0.15) is 24.4 Å². The van der Waals surface area contributed by atoms with E-state index in [4.69, 9.17) is 14.0 Å². The third-order valence-electron chi connectivity index (χ3n) is 11.4. The normalized spacial score (nSPS) is 52.0. The average molecular weight is 577 g/mol. The van der Waals surface area contributed by atoms with Crippen molar-refractivity contribution < 1.29 is 52.2 Å². The fraction of sp³-hybridized carbons (Fsp3) is 0.926. The first kappa shape index (κ1) is 29.8. The SMILES string of the molecule is C=C[C@H]1CC[C@H]2[C@@H]3CC[C@H]4[C@@H](O[C@@H]5O[C@H](CO)[C@@H](O)[C@H](OS(=O)(=O)O)[C@H]5O)[C@@H](O)CC[C@]4(CO)[C@H]3CC[C@@]12C. The predicted molar refractivity (Wildman–Crippen MR) is 137 cm³/mol. The molecule has 1 aliphatic heterocycles. The molecule has 6 N–H and O–H groups in total. The maximum Gasteiger partial charge on any atom is 0.397 e. The zero-order valence-electron chi connectivity index (χ0n) is 22.4.